The molecule has 0 radical (unpaired) electrons. The molecule has 0 aliphatic heterocycles. The van der Waals surface area contributed by atoms with Gasteiger partial charge in [-0.25, -0.2) is 0 Å². The van der Waals surface area contributed by atoms with Gasteiger partial charge in [0.25, 0.3) is 0 Å². The van der Waals surface area contributed by atoms with Gasteiger partial charge in [-0.2, -0.15) is 5.10 Å². The maximum absolute atomic E-state index is 5.90. The van der Waals surface area contributed by atoms with Crippen LogP contribution in [0.5, 0.6) is 0 Å². The number of nitrogens with zero attached hydrogens (tertiary/aromatic N) is 1. The molecule has 0 bridgehead atoms. The third kappa shape index (κ3) is 2.84. The Balaban J connectivity index is 1.90. The molecule has 1 heterocycles. The Kier molecular flexibility index (Phi) is 3.59. The summed E-state index contributed by atoms with van der Waals surface area (Å²) in [5, 5.41) is 10.8. The van der Waals surface area contributed by atoms with E-state index in [0.717, 1.165) is 23.7 Å². The first-order chi connectivity index (χ1) is 7.75. The minimum Gasteiger partial charge on any atom is -0.308 e. The minimum absolute atomic E-state index is 0.788. The van der Waals surface area contributed by atoms with E-state index in [1.807, 2.05) is 24.5 Å². The van der Waals surface area contributed by atoms with E-state index < -0.39 is 0 Å². The fourth-order valence-corrected chi connectivity index (χ4v) is 1.80. The molecule has 0 fully saturated rings. The van der Waals surface area contributed by atoms with E-state index in [1.165, 1.54) is 11.1 Å². The molecule has 0 spiro atoms. The second-order valence-electron chi connectivity index (χ2n) is 3.78. The molecule has 0 saturated carbocycles. The van der Waals surface area contributed by atoms with Crippen LogP contribution in [0.15, 0.2) is 30.6 Å². The van der Waals surface area contributed by atoms with Crippen molar-refractivity contribution in [3.05, 3.63) is 52.3 Å². The molecule has 4 heteroatoms. The molecule has 0 saturated heterocycles. The Morgan fingerprint density at radius 1 is 1.38 bits per heavy atom. The van der Waals surface area contributed by atoms with Crippen molar-refractivity contribution in [2.45, 2.75) is 20.0 Å². The molecule has 1 aromatic carbocycles. The Labute approximate surface area is 99.8 Å². The van der Waals surface area contributed by atoms with Crippen LogP contribution in [0.3, 0.4) is 0 Å². The minimum atomic E-state index is 0.788. The van der Waals surface area contributed by atoms with E-state index in [4.69, 9.17) is 11.6 Å². The zero-order valence-electron chi connectivity index (χ0n) is 9.13. The van der Waals surface area contributed by atoms with E-state index in [-0.39, 0.29) is 0 Å². The summed E-state index contributed by atoms with van der Waals surface area (Å²) >= 11 is 5.90. The molecule has 0 unspecified atom stereocenters. The van der Waals surface area contributed by atoms with Crippen LogP contribution in [0, 0.1) is 6.92 Å². The fourth-order valence-electron chi connectivity index (χ4n) is 1.57. The monoisotopic (exact) mass is 235 g/mol. The molecular weight excluding hydrogens is 222 g/mol. The second-order valence-corrected chi connectivity index (χ2v) is 4.22. The molecule has 2 rings (SSSR count). The predicted octanol–water partition coefficient (Wildman–Crippen LogP) is 2.66. The Hall–Kier alpha value is -1.32. The molecular formula is C12H14ClN3. The highest BCUT2D eigenvalue weighted by atomic mass is 35.5. The molecule has 3 nitrogen and oxygen atoms in total. The summed E-state index contributed by atoms with van der Waals surface area (Å²) in [6, 6.07) is 5.96. The Morgan fingerprint density at radius 2 is 2.25 bits per heavy atom. The fraction of sp³-hybridized carbons (Fsp3) is 0.250. The van der Waals surface area contributed by atoms with Crippen LogP contribution in [-0.4, -0.2) is 10.2 Å². The zero-order valence-corrected chi connectivity index (χ0v) is 9.88. The standard InChI is InChI=1S/C12H14ClN3/c1-9-4-12(13)3-2-11(9)8-14-5-10-6-15-16-7-10/h2-4,6-7,14H,5,8H2,1H3,(H,15,16). The lowest BCUT2D eigenvalue weighted by atomic mass is 10.1. The summed E-state index contributed by atoms with van der Waals surface area (Å²) < 4.78 is 0. The van der Waals surface area contributed by atoms with Gasteiger partial charge in [0, 0.05) is 29.9 Å². The van der Waals surface area contributed by atoms with E-state index in [0.29, 0.717) is 0 Å². The van der Waals surface area contributed by atoms with Crippen molar-refractivity contribution >= 4 is 11.6 Å². The largest absolute Gasteiger partial charge is 0.308 e. The normalized spacial score (nSPS) is 10.6. The number of nitrogens with one attached hydrogen (secondary N) is 2. The highest BCUT2D eigenvalue weighted by molar-refractivity contribution is 6.30. The van der Waals surface area contributed by atoms with Crippen LogP contribution in [0.25, 0.3) is 0 Å². The highest BCUT2D eigenvalue weighted by Crippen LogP contribution is 2.14. The summed E-state index contributed by atoms with van der Waals surface area (Å²) in [6.45, 7) is 3.73. The quantitative estimate of drug-likeness (QED) is 0.856. The van der Waals surface area contributed by atoms with Gasteiger partial charge in [-0.15, -0.1) is 0 Å². The van der Waals surface area contributed by atoms with Crippen molar-refractivity contribution in [1.29, 1.82) is 0 Å². The van der Waals surface area contributed by atoms with Crippen molar-refractivity contribution in [1.82, 2.24) is 15.5 Å². The summed E-state index contributed by atoms with van der Waals surface area (Å²) in [7, 11) is 0. The number of rotatable bonds is 4. The van der Waals surface area contributed by atoms with Crippen LogP contribution < -0.4 is 5.32 Å². The number of benzene rings is 1. The smallest absolute Gasteiger partial charge is 0.0532 e. The molecule has 0 amide bonds. The van der Waals surface area contributed by atoms with Gasteiger partial charge >= 0.3 is 0 Å². The highest BCUT2D eigenvalue weighted by Gasteiger charge is 1.99. The summed E-state index contributed by atoms with van der Waals surface area (Å²) in [6.07, 6.45) is 3.71. The number of hydrogen-bond donors (Lipinski definition) is 2. The number of H-pyrrole nitrogens is 1. The lowest BCUT2D eigenvalue weighted by Gasteiger charge is -2.07. The van der Waals surface area contributed by atoms with Crippen LogP contribution in [0.1, 0.15) is 16.7 Å². The summed E-state index contributed by atoms with van der Waals surface area (Å²) in [4.78, 5) is 0. The first-order valence-corrected chi connectivity index (χ1v) is 5.57. The van der Waals surface area contributed by atoms with Gasteiger partial charge in [-0.3, -0.25) is 5.10 Å². The SMILES string of the molecule is Cc1cc(Cl)ccc1CNCc1cn[nH]c1. The molecule has 1 aromatic heterocycles. The van der Waals surface area contributed by atoms with E-state index in [9.17, 15) is 0 Å². The molecule has 2 N–H and O–H groups in total. The predicted molar refractivity (Wildman–Crippen MR) is 65.3 cm³/mol. The third-order valence-electron chi connectivity index (χ3n) is 2.50. The third-order valence-corrected chi connectivity index (χ3v) is 2.74. The average molecular weight is 236 g/mol. The van der Waals surface area contributed by atoms with Crippen molar-refractivity contribution in [3.8, 4) is 0 Å². The molecule has 2 aromatic rings. The van der Waals surface area contributed by atoms with E-state index in [1.54, 1.807) is 0 Å². The number of aromatic nitrogens is 2. The van der Waals surface area contributed by atoms with Gasteiger partial charge in [0.05, 0.1) is 6.20 Å². The van der Waals surface area contributed by atoms with Gasteiger partial charge in [0.1, 0.15) is 0 Å². The maximum Gasteiger partial charge on any atom is 0.0532 e. The Morgan fingerprint density at radius 3 is 2.94 bits per heavy atom. The van der Waals surface area contributed by atoms with Crippen molar-refractivity contribution < 1.29 is 0 Å². The van der Waals surface area contributed by atoms with Gasteiger partial charge in [-0.05, 0) is 30.2 Å². The second kappa shape index (κ2) is 5.14. The molecule has 84 valence electrons. The Bertz CT molecular complexity index is 451. The van der Waals surface area contributed by atoms with Gasteiger partial charge in [-0.1, -0.05) is 17.7 Å². The van der Waals surface area contributed by atoms with Crippen molar-refractivity contribution in [3.63, 3.8) is 0 Å². The van der Waals surface area contributed by atoms with Crippen LogP contribution in [0.2, 0.25) is 5.02 Å². The summed E-state index contributed by atoms with van der Waals surface area (Å²) in [5.41, 5.74) is 3.65. The lowest BCUT2D eigenvalue weighted by Crippen LogP contribution is -2.12. The molecule has 16 heavy (non-hydrogen) atoms. The van der Waals surface area contributed by atoms with Gasteiger partial charge < -0.3 is 5.32 Å². The van der Waals surface area contributed by atoms with Crippen molar-refractivity contribution in [2.24, 2.45) is 0 Å². The summed E-state index contributed by atoms with van der Waals surface area (Å²) in [5.74, 6) is 0. The lowest BCUT2D eigenvalue weighted by molar-refractivity contribution is 0.691. The first-order valence-electron chi connectivity index (χ1n) is 5.19. The molecule has 0 aliphatic carbocycles. The molecule has 0 aliphatic rings. The number of aromatic amines is 1. The number of halogens is 1. The molecule has 0 atom stereocenters. The van der Waals surface area contributed by atoms with E-state index in [2.05, 4.69) is 28.5 Å². The van der Waals surface area contributed by atoms with Crippen LogP contribution >= 0.6 is 11.6 Å². The van der Waals surface area contributed by atoms with Crippen LogP contribution in [0.4, 0.5) is 0 Å². The first kappa shape index (κ1) is 11.2. The van der Waals surface area contributed by atoms with E-state index >= 15 is 0 Å². The zero-order chi connectivity index (χ0) is 11.4. The topological polar surface area (TPSA) is 40.7 Å². The average Bonchev–Trinajstić information content (AvgIpc) is 2.74. The number of hydrogen-bond acceptors (Lipinski definition) is 2. The maximum atomic E-state index is 5.90. The van der Waals surface area contributed by atoms with Gasteiger partial charge in [0.2, 0.25) is 0 Å². The number of aryl methyl sites for hydroxylation is 1. The van der Waals surface area contributed by atoms with Gasteiger partial charge in [0.15, 0.2) is 0 Å². The van der Waals surface area contributed by atoms with Crippen LogP contribution in [-0.2, 0) is 13.1 Å². The van der Waals surface area contributed by atoms with Crippen molar-refractivity contribution in [2.75, 3.05) is 0 Å².